The van der Waals surface area contributed by atoms with Crippen molar-refractivity contribution in [1.82, 2.24) is 0 Å². The van der Waals surface area contributed by atoms with Gasteiger partial charge in [0.1, 0.15) is 0 Å². The van der Waals surface area contributed by atoms with Gasteiger partial charge in [-0.1, -0.05) is 75.3 Å². The molecule has 0 saturated heterocycles. The van der Waals surface area contributed by atoms with Crippen LogP contribution in [0, 0.1) is 6.08 Å². The molecule has 5 aromatic rings. The predicted molar refractivity (Wildman–Crippen MR) is 179 cm³/mol. The molecule has 0 fully saturated rings. The summed E-state index contributed by atoms with van der Waals surface area (Å²) in [6.07, 6.45) is 19.2. The van der Waals surface area contributed by atoms with Crippen molar-refractivity contribution in [2.24, 2.45) is 0 Å². The average Bonchev–Trinajstić information content (AvgIpc) is 3.80. The van der Waals surface area contributed by atoms with E-state index in [1.165, 1.54) is 82.4 Å². The number of hydrogen-bond acceptors (Lipinski definition) is 0. The van der Waals surface area contributed by atoms with Gasteiger partial charge in [-0.25, -0.2) is 12.2 Å². The van der Waals surface area contributed by atoms with E-state index in [1.54, 1.807) is 0 Å². The molecule has 44 heavy (non-hydrogen) atoms. The van der Waals surface area contributed by atoms with E-state index in [-0.39, 0.29) is 35.6 Å². The maximum absolute atomic E-state index is 2.99. The minimum absolute atomic E-state index is 0. The number of halogens is 2. The van der Waals surface area contributed by atoms with E-state index >= 15 is 0 Å². The normalized spacial score (nSPS) is 15.4. The van der Waals surface area contributed by atoms with Crippen molar-refractivity contribution in [2.75, 3.05) is 0 Å². The number of allylic oxidation sites excluding steroid dienone is 6. The Morgan fingerprint density at radius 3 is 1.50 bits per heavy atom. The van der Waals surface area contributed by atoms with Crippen molar-refractivity contribution in [3.63, 3.8) is 0 Å². The number of hydrogen-bond donors (Lipinski definition) is 0. The van der Waals surface area contributed by atoms with Crippen LogP contribution in [0.15, 0.2) is 121 Å². The SMILES string of the molecule is CC1(C)C=Cc2cc3c(cc21)[cH-]c1cc2c(cc13)C=CC2(C)C.[C-]1=CC=CC1.[Cl-].[Cl-].[Zr+2]=[C](c1ccccc1)c1ccccc1. The van der Waals surface area contributed by atoms with E-state index in [4.69, 9.17) is 0 Å². The molecule has 0 aromatic heterocycles. The summed E-state index contributed by atoms with van der Waals surface area (Å²) < 4.78 is 1.42. The third-order valence-corrected chi connectivity index (χ3v) is 9.92. The maximum atomic E-state index is 2.99. The van der Waals surface area contributed by atoms with Crippen molar-refractivity contribution < 1.29 is 49.0 Å². The summed E-state index contributed by atoms with van der Waals surface area (Å²) >= 11 is 1.46. The second-order valence-electron chi connectivity index (χ2n) is 12.4. The summed E-state index contributed by atoms with van der Waals surface area (Å²) in [6.45, 7) is 9.19. The summed E-state index contributed by atoms with van der Waals surface area (Å²) in [4.78, 5) is 0. The molecule has 0 nitrogen and oxygen atoms in total. The van der Waals surface area contributed by atoms with Crippen LogP contribution in [0.1, 0.15) is 67.5 Å². The van der Waals surface area contributed by atoms with Crippen molar-refractivity contribution in [1.29, 1.82) is 0 Å². The summed E-state index contributed by atoms with van der Waals surface area (Å²) in [6, 6.07) is 33.0. The van der Waals surface area contributed by atoms with Crippen LogP contribution in [-0.2, 0) is 35.1 Å². The Labute approximate surface area is 289 Å². The van der Waals surface area contributed by atoms with Crippen LogP contribution in [0.2, 0.25) is 0 Å². The first kappa shape index (κ1) is 33.9. The fraction of sp³-hybridized carbons (Fsp3) is 0.171. The monoisotopic (exact) mass is 688 g/mol. The molecule has 3 aliphatic rings. The van der Waals surface area contributed by atoms with Crippen molar-refractivity contribution in [3.8, 4) is 0 Å². The molecule has 0 atom stereocenters. The van der Waals surface area contributed by atoms with Gasteiger partial charge in [0.05, 0.1) is 0 Å². The molecule has 0 aliphatic heterocycles. The first-order valence-corrected chi connectivity index (χ1v) is 16.0. The molecule has 3 aliphatic carbocycles. The van der Waals surface area contributed by atoms with Crippen LogP contribution in [0.25, 0.3) is 33.7 Å². The Balaban J connectivity index is 0.000000180. The van der Waals surface area contributed by atoms with Gasteiger partial charge in [-0.15, -0.1) is 46.2 Å². The van der Waals surface area contributed by atoms with Crippen LogP contribution in [0.5, 0.6) is 0 Å². The van der Waals surface area contributed by atoms with Gasteiger partial charge >= 0.3 is 99.2 Å². The molecular formula is C41H36Cl2Zr-2. The molecule has 0 bridgehead atoms. The summed E-state index contributed by atoms with van der Waals surface area (Å²) in [5.74, 6) is 0. The van der Waals surface area contributed by atoms with E-state index in [0.29, 0.717) is 0 Å². The van der Waals surface area contributed by atoms with Crippen LogP contribution in [0.3, 0.4) is 0 Å². The topological polar surface area (TPSA) is 0 Å². The first-order valence-electron chi connectivity index (χ1n) is 14.7. The molecule has 0 radical (unpaired) electrons. The molecule has 3 heteroatoms. The Morgan fingerprint density at radius 2 is 1.14 bits per heavy atom. The standard InChI is InChI=1S/C23H21.C13H10.C5H5.2ClH.Zr/c1-22(2)7-5-14-10-18-16(12-20(14)22)9-17-13-21-15(11-19(17)18)6-8-23(21,3)4;1-3-7-12(8-4-1)11-13-9-5-2-6-10-13;1-2-4-5-3-1;;;/h5-13H,1-4H3;1-10H;1-3H,4H2;2*1H;/q-1;;-1;;;+2/p-2. The first-order chi connectivity index (χ1) is 20.2. The Kier molecular flexibility index (Phi) is 10.8. The van der Waals surface area contributed by atoms with E-state index in [9.17, 15) is 0 Å². The summed E-state index contributed by atoms with van der Waals surface area (Å²) in [5, 5.41) is 5.53. The van der Waals surface area contributed by atoms with Crippen molar-refractivity contribution >= 4 is 36.9 Å². The molecule has 0 heterocycles. The molecule has 0 spiro atoms. The van der Waals surface area contributed by atoms with Gasteiger partial charge in [0.2, 0.25) is 0 Å². The van der Waals surface area contributed by atoms with Gasteiger partial charge in [-0.05, 0) is 11.1 Å². The average molecular weight is 691 g/mol. The molecular weight excluding hydrogens is 655 g/mol. The number of rotatable bonds is 2. The predicted octanol–water partition coefficient (Wildman–Crippen LogP) is 4.44. The van der Waals surface area contributed by atoms with Crippen molar-refractivity contribution in [3.05, 3.63) is 161 Å². The van der Waals surface area contributed by atoms with E-state index in [0.717, 1.165) is 6.42 Å². The molecule has 0 saturated carbocycles. The van der Waals surface area contributed by atoms with Crippen molar-refractivity contribution in [2.45, 2.75) is 44.9 Å². The van der Waals surface area contributed by atoms with Gasteiger partial charge < -0.3 is 24.8 Å². The molecule has 0 unspecified atom stereocenters. The zero-order valence-corrected chi connectivity index (χ0v) is 29.6. The zero-order valence-electron chi connectivity index (χ0n) is 25.7. The van der Waals surface area contributed by atoms with E-state index in [1.807, 2.05) is 12.2 Å². The summed E-state index contributed by atoms with van der Waals surface area (Å²) in [7, 11) is 0. The molecule has 0 N–H and O–H groups in total. The Hall–Kier alpha value is -2.96. The van der Waals surface area contributed by atoms with Gasteiger partial charge in [0.15, 0.2) is 0 Å². The van der Waals surface area contributed by atoms with Crippen LogP contribution in [-0.4, -0.2) is 3.21 Å². The Morgan fingerprint density at radius 1 is 0.682 bits per heavy atom. The second-order valence-corrected chi connectivity index (χ2v) is 13.6. The third-order valence-electron chi connectivity index (χ3n) is 8.50. The van der Waals surface area contributed by atoms with E-state index in [2.05, 4.69) is 155 Å². The van der Waals surface area contributed by atoms with Gasteiger partial charge in [0, 0.05) is 10.8 Å². The number of fused-ring (bicyclic) bond motifs is 5. The zero-order chi connectivity index (χ0) is 29.3. The third kappa shape index (κ3) is 6.97. The molecule has 0 amide bonds. The van der Waals surface area contributed by atoms with E-state index < -0.39 is 0 Å². The fourth-order valence-electron chi connectivity index (χ4n) is 6.02. The summed E-state index contributed by atoms with van der Waals surface area (Å²) in [5.41, 5.74) is 8.63. The Bertz CT molecular complexity index is 1760. The molecule has 220 valence electrons. The quantitative estimate of drug-likeness (QED) is 0.241. The van der Waals surface area contributed by atoms with Crippen LogP contribution in [0.4, 0.5) is 0 Å². The number of benzene rings is 4. The second kappa shape index (κ2) is 14.0. The van der Waals surface area contributed by atoms with Gasteiger partial charge in [-0.2, -0.15) is 6.08 Å². The minimum atomic E-state index is 0. The van der Waals surface area contributed by atoms with Crippen LogP contribution >= 0.6 is 0 Å². The molecule has 5 aromatic carbocycles. The van der Waals surface area contributed by atoms with Gasteiger partial charge in [0.25, 0.3) is 0 Å². The van der Waals surface area contributed by atoms with Crippen LogP contribution < -0.4 is 24.8 Å². The fourth-order valence-corrected chi connectivity index (χ4v) is 6.84. The van der Waals surface area contributed by atoms with Gasteiger partial charge in [-0.3, -0.25) is 6.08 Å². The molecule has 8 rings (SSSR count).